The van der Waals surface area contributed by atoms with Crippen molar-refractivity contribution in [3.63, 3.8) is 0 Å². The van der Waals surface area contributed by atoms with Crippen LogP contribution in [0.4, 0.5) is 5.69 Å². The molecule has 0 aliphatic rings. The number of hydrogen-bond acceptors (Lipinski definition) is 2. The molecule has 0 bridgehead atoms. The minimum atomic E-state index is -0.137. The number of nitrogens with zero attached hydrogens (tertiary/aromatic N) is 3. The molecule has 4 nitrogen and oxygen atoms in total. The summed E-state index contributed by atoms with van der Waals surface area (Å²) in [7, 11) is 4.33. The largest absolute Gasteiger partial charge is 0.371 e. The van der Waals surface area contributed by atoms with Gasteiger partial charge in [0.15, 0.2) is 0 Å². The molecule has 0 spiro atoms. The first kappa shape index (κ1) is 33.6. The van der Waals surface area contributed by atoms with E-state index < -0.39 is 0 Å². The lowest BCUT2D eigenvalue weighted by atomic mass is 9.81. The van der Waals surface area contributed by atoms with E-state index in [0.29, 0.717) is 29.6 Å². The lowest BCUT2D eigenvalue weighted by molar-refractivity contribution is 0.700. The Hall–Kier alpha value is -3.79. The van der Waals surface area contributed by atoms with Crippen molar-refractivity contribution >= 4 is 16.6 Å². The van der Waals surface area contributed by atoms with Crippen molar-refractivity contribution in [1.82, 2.24) is 14.1 Å². The summed E-state index contributed by atoms with van der Waals surface area (Å²) in [5, 5.41) is 5.47. The minimum Gasteiger partial charge on any atom is -0.371 e. The number of para-hydroxylation sites is 2. The number of hydrogen-bond donors (Lipinski definition) is 1. The second-order valence-corrected chi connectivity index (χ2v) is 14.9. The van der Waals surface area contributed by atoms with E-state index in [0.717, 1.165) is 11.5 Å². The van der Waals surface area contributed by atoms with E-state index in [1.165, 1.54) is 61.2 Å². The Morgan fingerprint density at radius 2 is 1.20 bits per heavy atom. The average Bonchev–Trinajstić information content (AvgIpc) is 3.50. The molecule has 0 radical (unpaired) electrons. The summed E-state index contributed by atoms with van der Waals surface area (Å²) in [5.41, 5.74) is 14.3. The molecule has 0 aliphatic carbocycles. The molecule has 0 aliphatic heterocycles. The Morgan fingerprint density at radius 1 is 0.652 bits per heavy atom. The van der Waals surface area contributed by atoms with Gasteiger partial charge in [-0.05, 0) is 76.0 Å². The van der Waals surface area contributed by atoms with Crippen molar-refractivity contribution in [2.24, 2.45) is 14.1 Å². The van der Waals surface area contributed by atoms with Gasteiger partial charge in [-0.25, -0.2) is 4.98 Å². The molecule has 1 unspecified atom stereocenters. The average molecular weight is 617 g/mol. The van der Waals surface area contributed by atoms with Crippen LogP contribution in [0.3, 0.4) is 0 Å². The molecule has 0 saturated carbocycles. The SMILES string of the molecule is Cc1c(-c2cn(C)c(C(Nc3c(C(C)C)cccc3C(C)C)c3c(C(C)C)cc(C(C)C)cc3C(C)C)n2)c2ccccc2n1C. The van der Waals surface area contributed by atoms with Crippen LogP contribution >= 0.6 is 0 Å². The summed E-state index contributed by atoms with van der Waals surface area (Å²) in [6, 6.07) is 20.3. The van der Waals surface area contributed by atoms with Gasteiger partial charge < -0.3 is 14.5 Å². The Bertz CT molecular complexity index is 1790. The van der Waals surface area contributed by atoms with Crippen LogP contribution in [-0.2, 0) is 14.1 Å². The smallest absolute Gasteiger partial charge is 0.136 e. The second kappa shape index (κ2) is 13.1. The van der Waals surface area contributed by atoms with Crippen molar-refractivity contribution in [3.8, 4) is 11.3 Å². The highest BCUT2D eigenvalue weighted by molar-refractivity contribution is 5.97. The topological polar surface area (TPSA) is 34.8 Å². The number of aromatic nitrogens is 3. The van der Waals surface area contributed by atoms with Crippen molar-refractivity contribution in [2.45, 2.75) is 112 Å². The number of imidazole rings is 1. The monoisotopic (exact) mass is 616 g/mol. The molecule has 2 heterocycles. The maximum atomic E-state index is 5.57. The highest BCUT2D eigenvalue weighted by Gasteiger charge is 2.31. The third kappa shape index (κ3) is 6.04. The van der Waals surface area contributed by atoms with Crippen molar-refractivity contribution < 1.29 is 0 Å². The number of anilines is 1. The summed E-state index contributed by atoms with van der Waals surface area (Å²) in [6.45, 7) is 25.4. The molecule has 0 saturated heterocycles. The fraction of sp³-hybridized carbons (Fsp3) is 0.452. The molecule has 244 valence electrons. The summed E-state index contributed by atoms with van der Waals surface area (Å²) in [5.74, 6) is 2.99. The standard InChI is InChI=1S/C42H56N4/c1-24(2)30-21-34(27(7)8)39(35(22-30)28(9)10)41(44-40-31(25(3)4)18-16-19-32(40)26(5)6)42-43-36(23-45(42)12)38-29(11)46(13)37-20-15-14-17-33(37)38/h14-28,41,44H,1-13H3. The van der Waals surface area contributed by atoms with Gasteiger partial charge in [0.25, 0.3) is 0 Å². The first-order chi connectivity index (χ1) is 21.7. The first-order valence-electron chi connectivity index (χ1n) is 17.4. The fourth-order valence-electron chi connectivity index (χ4n) is 7.19. The van der Waals surface area contributed by atoms with Gasteiger partial charge in [0.1, 0.15) is 11.9 Å². The fourth-order valence-corrected chi connectivity index (χ4v) is 7.19. The van der Waals surface area contributed by atoms with Crippen LogP contribution < -0.4 is 5.32 Å². The number of nitrogens with one attached hydrogen (secondary N) is 1. The molecule has 0 amide bonds. The van der Waals surface area contributed by atoms with Crippen molar-refractivity contribution in [3.05, 3.63) is 106 Å². The molecular weight excluding hydrogens is 560 g/mol. The molecule has 4 heteroatoms. The molecule has 5 rings (SSSR count). The molecule has 2 aromatic heterocycles. The summed E-state index contributed by atoms with van der Waals surface area (Å²) >= 11 is 0. The zero-order valence-electron chi connectivity index (χ0n) is 30.6. The van der Waals surface area contributed by atoms with E-state index in [1.54, 1.807) is 0 Å². The quantitative estimate of drug-likeness (QED) is 0.169. The van der Waals surface area contributed by atoms with Crippen LogP contribution in [0.1, 0.15) is 150 Å². The number of rotatable bonds is 10. The van der Waals surface area contributed by atoms with Crippen LogP contribution in [0.5, 0.6) is 0 Å². The normalized spacial score (nSPS) is 12.9. The summed E-state index contributed by atoms with van der Waals surface area (Å²) in [4.78, 5) is 5.57. The van der Waals surface area contributed by atoms with E-state index in [4.69, 9.17) is 4.98 Å². The molecule has 0 fully saturated rings. The number of fused-ring (bicyclic) bond motifs is 1. The van der Waals surface area contributed by atoms with E-state index in [9.17, 15) is 0 Å². The van der Waals surface area contributed by atoms with Gasteiger partial charge in [-0.1, -0.05) is 118 Å². The molecular formula is C42H56N4. The van der Waals surface area contributed by atoms with Crippen LogP contribution in [0.15, 0.2) is 60.8 Å². The van der Waals surface area contributed by atoms with Gasteiger partial charge in [-0.3, -0.25) is 0 Å². The maximum Gasteiger partial charge on any atom is 0.136 e. The molecule has 1 atom stereocenters. The van der Waals surface area contributed by atoms with Gasteiger partial charge in [0.2, 0.25) is 0 Å². The highest BCUT2D eigenvalue weighted by atomic mass is 15.1. The van der Waals surface area contributed by atoms with Gasteiger partial charge in [-0.15, -0.1) is 0 Å². The Labute approximate surface area is 278 Å². The van der Waals surface area contributed by atoms with Gasteiger partial charge >= 0.3 is 0 Å². The van der Waals surface area contributed by atoms with Crippen LogP contribution in [0, 0.1) is 6.92 Å². The molecule has 1 N–H and O–H groups in total. The lowest BCUT2D eigenvalue weighted by Crippen LogP contribution is -2.23. The third-order valence-electron chi connectivity index (χ3n) is 9.95. The Kier molecular flexibility index (Phi) is 9.59. The number of aryl methyl sites for hydroxylation is 2. The van der Waals surface area contributed by atoms with Crippen molar-refractivity contribution in [2.75, 3.05) is 5.32 Å². The van der Waals surface area contributed by atoms with Gasteiger partial charge in [-0.2, -0.15) is 0 Å². The lowest BCUT2D eigenvalue weighted by Gasteiger charge is -2.32. The van der Waals surface area contributed by atoms with Crippen LogP contribution in [0.2, 0.25) is 0 Å². The summed E-state index contributed by atoms with van der Waals surface area (Å²) < 4.78 is 4.56. The zero-order chi connectivity index (χ0) is 33.6. The van der Waals surface area contributed by atoms with Crippen molar-refractivity contribution in [1.29, 1.82) is 0 Å². The van der Waals surface area contributed by atoms with E-state index in [-0.39, 0.29) is 6.04 Å². The maximum absolute atomic E-state index is 5.57. The number of benzene rings is 3. The van der Waals surface area contributed by atoms with Gasteiger partial charge in [0.05, 0.1) is 5.69 Å². The Balaban J connectivity index is 1.85. The third-order valence-corrected chi connectivity index (χ3v) is 9.95. The Morgan fingerprint density at radius 3 is 1.72 bits per heavy atom. The molecule has 46 heavy (non-hydrogen) atoms. The predicted molar refractivity (Wildman–Crippen MR) is 199 cm³/mol. The zero-order valence-corrected chi connectivity index (χ0v) is 30.6. The highest BCUT2D eigenvalue weighted by Crippen LogP contribution is 2.43. The summed E-state index contributed by atoms with van der Waals surface area (Å²) in [6.07, 6.45) is 2.24. The van der Waals surface area contributed by atoms with E-state index in [1.807, 2.05) is 0 Å². The van der Waals surface area contributed by atoms with Crippen LogP contribution in [0.25, 0.3) is 22.2 Å². The first-order valence-corrected chi connectivity index (χ1v) is 17.4. The molecule has 3 aromatic carbocycles. The van der Waals surface area contributed by atoms with Crippen LogP contribution in [-0.4, -0.2) is 14.1 Å². The van der Waals surface area contributed by atoms with Gasteiger partial charge in [0, 0.05) is 48.1 Å². The second-order valence-electron chi connectivity index (χ2n) is 14.9. The molecule has 5 aromatic rings. The van der Waals surface area contributed by atoms with E-state index >= 15 is 0 Å². The minimum absolute atomic E-state index is 0.137. The van der Waals surface area contributed by atoms with E-state index in [2.05, 4.69) is 166 Å². The predicted octanol–water partition coefficient (Wildman–Crippen LogP) is 11.7.